The summed E-state index contributed by atoms with van der Waals surface area (Å²) < 4.78 is 0. The number of nitrogens with zero attached hydrogens (tertiary/aromatic N) is 3. The van der Waals surface area contributed by atoms with Gasteiger partial charge in [-0.1, -0.05) is 0 Å². The normalized spacial score (nSPS) is 13.2. The Morgan fingerprint density at radius 1 is 1.16 bits per heavy atom. The third-order valence-corrected chi connectivity index (χ3v) is 3.60. The van der Waals surface area contributed by atoms with Crippen LogP contribution in [0.3, 0.4) is 0 Å². The molecule has 1 aromatic heterocycles. The van der Waals surface area contributed by atoms with Crippen molar-refractivity contribution in [2.75, 3.05) is 20.1 Å². The molecular weight excluding hydrogens is 236 g/mol. The van der Waals surface area contributed by atoms with E-state index in [0.717, 1.165) is 24.5 Å². The highest BCUT2D eigenvalue weighted by Crippen LogP contribution is 2.11. The molecule has 4 heteroatoms. The molecule has 19 heavy (non-hydrogen) atoms. The number of unbranched alkanes of at least 4 members (excludes halogenated alkanes) is 1. The molecule has 0 radical (unpaired) electrons. The van der Waals surface area contributed by atoms with Crippen LogP contribution in [0, 0.1) is 6.92 Å². The number of aromatic nitrogens is 2. The van der Waals surface area contributed by atoms with Gasteiger partial charge in [0.05, 0.1) is 11.4 Å². The third-order valence-electron chi connectivity index (χ3n) is 3.60. The second-order valence-electron chi connectivity index (χ2n) is 5.48. The summed E-state index contributed by atoms with van der Waals surface area (Å²) in [6.45, 7) is 10.8. The molecule has 0 bridgehead atoms. The van der Waals surface area contributed by atoms with Gasteiger partial charge < -0.3 is 10.2 Å². The molecule has 0 aliphatic heterocycles. The van der Waals surface area contributed by atoms with Gasteiger partial charge in [-0.05, 0) is 60.7 Å². The Hall–Kier alpha value is -1.00. The fraction of sp³-hybridized carbons (Fsp3) is 0.733. The zero-order valence-corrected chi connectivity index (χ0v) is 13.0. The summed E-state index contributed by atoms with van der Waals surface area (Å²) in [5.41, 5.74) is 2.07. The summed E-state index contributed by atoms with van der Waals surface area (Å²) in [5, 5.41) is 3.52. The molecule has 0 aliphatic carbocycles. The first kappa shape index (κ1) is 16.1. The van der Waals surface area contributed by atoms with Gasteiger partial charge in [0.25, 0.3) is 0 Å². The largest absolute Gasteiger partial charge is 0.309 e. The van der Waals surface area contributed by atoms with Crippen LogP contribution in [-0.4, -0.2) is 41.0 Å². The van der Waals surface area contributed by atoms with Gasteiger partial charge in [-0.2, -0.15) is 0 Å². The maximum atomic E-state index is 4.40. The predicted octanol–water partition coefficient (Wildman–Crippen LogP) is 2.56. The number of aryl methyl sites for hydroxylation is 1. The molecule has 1 N–H and O–H groups in total. The van der Waals surface area contributed by atoms with Gasteiger partial charge in [0.15, 0.2) is 0 Å². The third kappa shape index (κ3) is 5.66. The Labute approximate surface area is 117 Å². The lowest BCUT2D eigenvalue weighted by molar-refractivity contribution is 0.267. The number of rotatable bonds is 8. The van der Waals surface area contributed by atoms with Crippen molar-refractivity contribution in [3.05, 3.63) is 23.8 Å². The van der Waals surface area contributed by atoms with Gasteiger partial charge in [-0.15, -0.1) is 0 Å². The minimum absolute atomic E-state index is 0.275. The van der Waals surface area contributed by atoms with Crippen molar-refractivity contribution in [2.45, 2.75) is 52.6 Å². The number of nitrogens with one attached hydrogen (secondary N) is 1. The smallest absolute Gasteiger partial charge is 0.0782 e. The van der Waals surface area contributed by atoms with Crippen LogP contribution in [0.5, 0.6) is 0 Å². The fourth-order valence-electron chi connectivity index (χ4n) is 2.00. The summed E-state index contributed by atoms with van der Waals surface area (Å²) in [6, 6.07) is 0.908. The highest BCUT2D eigenvalue weighted by atomic mass is 15.1. The average molecular weight is 264 g/mol. The van der Waals surface area contributed by atoms with E-state index in [9.17, 15) is 0 Å². The lowest BCUT2D eigenvalue weighted by Gasteiger charge is -2.21. The topological polar surface area (TPSA) is 41.1 Å². The summed E-state index contributed by atoms with van der Waals surface area (Å²) in [5.74, 6) is 0. The quantitative estimate of drug-likeness (QED) is 0.733. The first-order valence-electron chi connectivity index (χ1n) is 7.23. The van der Waals surface area contributed by atoms with Gasteiger partial charge in [0.1, 0.15) is 0 Å². The molecular formula is C15H28N4. The van der Waals surface area contributed by atoms with Crippen molar-refractivity contribution in [1.82, 2.24) is 20.2 Å². The van der Waals surface area contributed by atoms with Gasteiger partial charge >= 0.3 is 0 Å². The summed E-state index contributed by atoms with van der Waals surface area (Å²) in [6.07, 6.45) is 5.93. The molecule has 1 atom stereocenters. The Morgan fingerprint density at radius 2 is 1.84 bits per heavy atom. The van der Waals surface area contributed by atoms with Crippen molar-refractivity contribution in [1.29, 1.82) is 0 Å². The first-order valence-corrected chi connectivity index (χ1v) is 7.23. The van der Waals surface area contributed by atoms with Crippen LogP contribution >= 0.6 is 0 Å². The van der Waals surface area contributed by atoms with Crippen LogP contribution < -0.4 is 5.32 Å². The predicted molar refractivity (Wildman–Crippen MR) is 80.2 cm³/mol. The van der Waals surface area contributed by atoms with Gasteiger partial charge in [-0.3, -0.25) is 9.97 Å². The molecule has 1 rings (SSSR count). The molecule has 1 unspecified atom stereocenters. The van der Waals surface area contributed by atoms with Crippen LogP contribution in [0.2, 0.25) is 0 Å². The number of hydrogen-bond acceptors (Lipinski definition) is 4. The van der Waals surface area contributed by atoms with E-state index in [1.165, 1.54) is 12.8 Å². The van der Waals surface area contributed by atoms with Crippen molar-refractivity contribution in [3.8, 4) is 0 Å². The highest BCUT2D eigenvalue weighted by molar-refractivity contribution is 5.12. The summed E-state index contributed by atoms with van der Waals surface area (Å²) in [4.78, 5) is 11.1. The molecule has 0 amide bonds. The Balaban J connectivity index is 2.21. The maximum Gasteiger partial charge on any atom is 0.0782 e. The minimum atomic E-state index is 0.275. The van der Waals surface area contributed by atoms with E-state index >= 15 is 0 Å². The van der Waals surface area contributed by atoms with E-state index in [0.29, 0.717) is 6.04 Å². The van der Waals surface area contributed by atoms with Crippen LogP contribution in [0.25, 0.3) is 0 Å². The van der Waals surface area contributed by atoms with Gasteiger partial charge in [0.2, 0.25) is 0 Å². The van der Waals surface area contributed by atoms with E-state index in [1.807, 2.05) is 6.92 Å². The fourth-order valence-corrected chi connectivity index (χ4v) is 2.00. The second kappa shape index (κ2) is 8.23. The molecule has 0 fully saturated rings. The standard InChI is InChI=1S/C15H28N4/c1-12(2)19(5)11-7-6-8-16-13(3)15-14(4)17-9-10-18-15/h9-10,12-13,16H,6-8,11H2,1-5H3. The highest BCUT2D eigenvalue weighted by Gasteiger charge is 2.09. The van der Waals surface area contributed by atoms with Crippen molar-refractivity contribution >= 4 is 0 Å². The first-order chi connectivity index (χ1) is 9.02. The van der Waals surface area contributed by atoms with Crippen molar-refractivity contribution in [3.63, 3.8) is 0 Å². The summed E-state index contributed by atoms with van der Waals surface area (Å²) in [7, 11) is 2.18. The monoisotopic (exact) mass is 264 g/mol. The van der Waals surface area contributed by atoms with Crippen LogP contribution in [0.4, 0.5) is 0 Å². The molecule has 0 aromatic carbocycles. The van der Waals surface area contributed by atoms with Crippen molar-refractivity contribution in [2.24, 2.45) is 0 Å². The van der Waals surface area contributed by atoms with Gasteiger partial charge in [0, 0.05) is 24.5 Å². The molecule has 0 spiro atoms. The lowest BCUT2D eigenvalue weighted by Crippen LogP contribution is -2.28. The zero-order chi connectivity index (χ0) is 14.3. The SMILES string of the molecule is Cc1nccnc1C(C)NCCCCN(C)C(C)C. The molecule has 0 aliphatic rings. The van der Waals surface area contributed by atoms with E-state index in [4.69, 9.17) is 0 Å². The Morgan fingerprint density at radius 3 is 2.47 bits per heavy atom. The van der Waals surface area contributed by atoms with Gasteiger partial charge in [-0.25, -0.2) is 0 Å². The van der Waals surface area contributed by atoms with Crippen molar-refractivity contribution < 1.29 is 0 Å². The molecule has 0 saturated heterocycles. The van der Waals surface area contributed by atoms with E-state index < -0.39 is 0 Å². The van der Waals surface area contributed by atoms with E-state index in [2.05, 4.69) is 48.0 Å². The molecule has 108 valence electrons. The Kier molecular flexibility index (Phi) is 6.95. The minimum Gasteiger partial charge on any atom is -0.309 e. The molecule has 4 nitrogen and oxygen atoms in total. The van der Waals surface area contributed by atoms with E-state index in [1.54, 1.807) is 12.4 Å². The number of hydrogen-bond donors (Lipinski definition) is 1. The second-order valence-corrected chi connectivity index (χ2v) is 5.48. The maximum absolute atomic E-state index is 4.40. The lowest BCUT2D eigenvalue weighted by atomic mass is 10.2. The zero-order valence-electron chi connectivity index (χ0n) is 13.0. The van der Waals surface area contributed by atoms with E-state index in [-0.39, 0.29) is 6.04 Å². The van der Waals surface area contributed by atoms with Crippen LogP contribution in [0.1, 0.15) is 51.0 Å². The van der Waals surface area contributed by atoms with Crippen LogP contribution in [-0.2, 0) is 0 Å². The van der Waals surface area contributed by atoms with Crippen LogP contribution in [0.15, 0.2) is 12.4 Å². The molecule has 1 heterocycles. The molecule has 1 aromatic rings. The Bertz CT molecular complexity index is 365. The molecule has 0 saturated carbocycles. The average Bonchev–Trinajstić information content (AvgIpc) is 2.38. The summed E-state index contributed by atoms with van der Waals surface area (Å²) >= 11 is 0.